The molecule has 0 amide bonds. The highest BCUT2D eigenvalue weighted by atomic mass is 16.6. The van der Waals surface area contributed by atoms with E-state index in [1.54, 1.807) is 0 Å². The summed E-state index contributed by atoms with van der Waals surface area (Å²) in [4.78, 5) is 20.7. The van der Waals surface area contributed by atoms with Crippen LogP contribution >= 0.6 is 0 Å². The summed E-state index contributed by atoms with van der Waals surface area (Å²) in [5.74, 6) is -0.677. The van der Waals surface area contributed by atoms with Gasteiger partial charge in [-0.1, -0.05) is 0 Å². The Morgan fingerprint density at radius 1 is 1.53 bits per heavy atom. The smallest absolute Gasteiger partial charge is 0.328 e. The SMILES string of the molecule is O=C(O)/C=C1/CCOc2cc([N+](=O)[O-])ccc21. The van der Waals surface area contributed by atoms with E-state index in [0.717, 1.165) is 6.08 Å². The van der Waals surface area contributed by atoms with Gasteiger partial charge in [-0.15, -0.1) is 0 Å². The van der Waals surface area contributed by atoms with Crippen LogP contribution in [0.4, 0.5) is 5.69 Å². The molecular formula is C11H9NO5. The standard InChI is InChI=1S/C11H9NO5/c13-11(14)5-7-3-4-17-10-6-8(12(15)16)1-2-9(7)10/h1-2,5-6H,3-4H2,(H,13,14)/b7-5-. The zero-order valence-corrected chi connectivity index (χ0v) is 8.75. The lowest BCUT2D eigenvalue weighted by molar-refractivity contribution is -0.384. The van der Waals surface area contributed by atoms with Crippen molar-refractivity contribution in [1.29, 1.82) is 0 Å². The van der Waals surface area contributed by atoms with Crippen molar-refractivity contribution in [2.75, 3.05) is 6.61 Å². The van der Waals surface area contributed by atoms with Crippen LogP contribution in [0, 0.1) is 10.1 Å². The lowest BCUT2D eigenvalue weighted by Gasteiger charge is -2.19. The number of carboxylic acids is 1. The van der Waals surface area contributed by atoms with E-state index in [0.29, 0.717) is 29.9 Å². The first-order valence-electron chi connectivity index (χ1n) is 4.93. The number of fused-ring (bicyclic) bond motifs is 1. The first kappa shape index (κ1) is 11.1. The second-order valence-corrected chi connectivity index (χ2v) is 3.54. The van der Waals surface area contributed by atoms with Gasteiger partial charge in [0, 0.05) is 24.1 Å². The number of ether oxygens (including phenoxy) is 1. The van der Waals surface area contributed by atoms with Gasteiger partial charge in [0.1, 0.15) is 5.75 Å². The van der Waals surface area contributed by atoms with Gasteiger partial charge in [0.25, 0.3) is 5.69 Å². The molecule has 0 aromatic heterocycles. The summed E-state index contributed by atoms with van der Waals surface area (Å²) < 4.78 is 5.29. The molecular weight excluding hydrogens is 226 g/mol. The van der Waals surface area contributed by atoms with Gasteiger partial charge < -0.3 is 9.84 Å². The molecule has 0 bridgehead atoms. The van der Waals surface area contributed by atoms with Crippen LogP contribution in [0.5, 0.6) is 5.75 Å². The molecule has 2 rings (SSSR count). The Kier molecular flexibility index (Phi) is 2.78. The van der Waals surface area contributed by atoms with Crippen LogP contribution in [0.25, 0.3) is 5.57 Å². The van der Waals surface area contributed by atoms with Crippen molar-refractivity contribution < 1.29 is 19.6 Å². The molecule has 0 saturated heterocycles. The van der Waals surface area contributed by atoms with Crippen LogP contribution in [-0.2, 0) is 4.79 Å². The van der Waals surface area contributed by atoms with Crippen molar-refractivity contribution in [3.63, 3.8) is 0 Å². The number of nitro groups is 1. The molecule has 1 aliphatic rings. The minimum atomic E-state index is -1.04. The van der Waals surface area contributed by atoms with E-state index in [9.17, 15) is 14.9 Å². The predicted molar refractivity (Wildman–Crippen MR) is 58.8 cm³/mol. The van der Waals surface area contributed by atoms with Crippen LogP contribution < -0.4 is 4.74 Å². The molecule has 0 aliphatic carbocycles. The maximum atomic E-state index is 10.6. The topological polar surface area (TPSA) is 89.7 Å². The summed E-state index contributed by atoms with van der Waals surface area (Å²) in [6.07, 6.45) is 1.59. The van der Waals surface area contributed by atoms with E-state index >= 15 is 0 Å². The Hall–Kier alpha value is -2.37. The van der Waals surface area contributed by atoms with Gasteiger partial charge in [0.2, 0.25) is 0 Å². The highest BCUT2D eigenvalue weighted by molar-refractivity contribution is 5.91. The zero-order chi connectivity index (χ0) is 12.4. The average molecular weight is 235 g/mol. The first-order valence-corrected chi connectivity index (χ1v) is 4.93. The predicted octanol–water partition coefficient (Wildman–Crippen LogP) is 1.85. The van der Waals surface area contributed by atoms with Crippen LogP contribution in [0.2, 0.25) is 0 Å². The number of hydrogen-bond donors (Lipinski definition) is 1. The Balaban J connectivity index is 2.47. The van der Waals surface area contributed by atoms with Gasteiger partial charge in [-0.3, -0.25) is 10.1 Å². The highest BCUT2D eigenvalue weighted by Crippen LogP contribution is 2.35. The van der Waals surface area contributed by atoms with Crippen molar-refractivity contribution >= 4 is 17.2 Å². The normalized spacial score (nSPS) is 16.1. The Morgan fingerprint density at radius 3 is 2.94 bits per heavy atom. The second-order valence-electron chi connectivity index (χ2n) is 3.54. The lowest BCUT2D eigenvalue weighted by atomic mass is 9.99. The van der Waals surface area contributed by atoms with Crippen LogP contribution in [0.3, 0.4) is 0 Å². The molecule has 0 atom stereocenters. The fourth-order valence-electron chi connectivity index (χ4n) is 1.71. The van der Waals surface area contributed by atoms with Gasteiger partial charge in [0.15, 0.2) is 0 Å². The molecule has 1 aliphatic heterocycles. The molecule has 1 aromatic carbocycles. The third kappa shape index (κ3) is 2.25. The molecule has 1 N–H and O–H groups in total. The molecule has 0 spiro atoms. The molecule has 0 fully saturated rings. The summed E-state index contributed by atoms with van der Waals surface area (Å²) in [7, 11) is 0. The molecule has 0 unspecified atom stereocenters. The zero-order valence-electron chi connectivity index (χ0n) is 8.75. The van der Waals surface area contributed by atoms with E-state index in [4.69, 9.17) is 9.84 Å². The maximum Gasteiger partial charge on any atom is 0.328 e. The number of nitro benzene ring substituents is 1. The quantitative estimate of drug-likeness (QED) is 0.480. The van der Waals surface area contributed by atoms with E-state index < -0.39 is 10.9 Å². The number of rotatable bonds is 2. The minimum absolute atomic E-state index is 0.0691. The Labute approximate surface area is 96.3 Å². The van der Waals surface area contributed by atoms with Crippen molar-refractivity contribution in [3.8, 4) is 5.75 Å². The van der Waals surface area contributed by atoms with Gasteiger partial charge in [0.05, 0.1) is 17.6 Å². The number of hydrogen-bond acceptors (Lipinski definition) is 4. The molecule has 6 heteroatoms. The van der Waals surface area contributed by atoms with Gasteiger partial charge >= 0.3 is 5.97 Å². The third-order valence-electron chi connectivity index (χ3n) is 2.45. The molecule has 88 valence electrons. The summed E-state index contributed by atoms with van der Waals surface area (Å²) in [6, 6.07) is 4.16. The van der Waals surface area contributed by atoms with Crippen molar-refractivity contribution in [3.05, 3.63) is 40.0 Å². The second kappa shape index (κ2) is 4.25. The first-order chi connectivity index (χ1) is 8.08. The van der Waals surface area contributed by atoms with Crippen LogP contribution in [0.15, 0.2) is 24.3 Å². The molecule has 1 heterocycles. The largest absolute Gasteiger partial charge is 0.492 e. The van der Waals surface area contributed by atoms with Crippen LogP contribution in [-0.4, -0.2) is 22.6 Å². The van der Waals surface area contributed by atoms with E-state index in [-0.39, 0.29) is 5.69 Å². The molecule has 0 saturated carbocycles. The monoisotopic (exact) mass is 235 g/mol. The fourth-order valence-corrected chi connectivity index (χ4v) is 1.71. The van der Waals surface area contributed by atoms with Crippen molar-refractivity contribution in [2.24, 2.45) is 0 Å². The molecule has 0 radical (unpaired) electrons. The fraction of sp³-hybridized carbons (Fsp3) is 0.182. The van der Waals surface area contributed by atoms with E-state index in [2.05, 4.69) is 0 Å². The molecule has 17 heavy (non-hydrogen) atoms. The van der Waals surface area contributed by atoms with Crippen LogP contribution in [0.1, 0.15) is 12.0 Å². The minimum Gasteiger partial charge on any atom is -0.492 e. The van der Waals surface area contributed by atoms with Crippen molar-refractivity contribution in [2.45, 2.75) is 6.42 Å². The number of non-ortho nitro benzene ring substituents is 1. The summed E-state index contributed by atoms with van der Waals surface area (Å²) in [6.45, 7) is 0.327. The van der Waals surface area contributed by atoms with Gasteiger partial charge in [-0.25, -0.2) is 4.79 Å². The number of benzene rings is 1. The molecule has 1 aromatic rings. The van der Waals surface area contributed by atoms with Crippen molar-refractivity contribution in [1.82, 2.24) is 0 Å². The lowest BCUT2D eigenvalue weighted by Crippen LogP contribution is -2.09. The Bertz CT molecular complexity index is 521. The van der Waals surface area contributed by atoms with E-state index in [1.807, 2.05) is 0 Å². The maximum absolute atomic E-state index is 10.6. The van der Waals surface area contributed by atoms with Gasteiger partial charge in [-0.2, -0.15) is 0 Å². The number of aliphatic carboxylic acids is 1. The summed E-state index contributed by atoms with van der Waals surface area (Å²) in [5, 5.41) is 19.3. The number of carboxylic acid groups (broad SMARTS) is 1. The highest BCUT2D eigenvalue weighted by Gasteiger charge is 2.19. The van der Waals surface area contributed by atoms with E-state index in [1.165, 1.54) is 18.2 Å². The Morgan fingerprint density at radius 2 is 2.29 bits per heavy atom. The van der Waals surface area contributed by atoms with Gasteiger partial charge in [-0.05, 0) is 11.6 Å². The molecule has 6 nitrogen and oxygen atoms in total. The average Bonchev–Trinajstić information content (AvgIpc) is 2.28. The third-order valence-corrected chi connectivity index (χ3v) is 2.45. The summed E-state index contributed by atoms with van der Waals surface area (Å²) >= 11 is 0. The number of nitrogens with zero attached hydrogens (tertiary/aromatic N) is 1. The summed E-state index contributed by atoms with van der Waals surface area (Å²) in [5.41, 5.74) is 1.15. The number of carbonyl (C=O) groups is 1.